The lowest BCUT2D eigenvalue weighted by atomic mass is 10.1. The Kier molecular flexibility index (Phi) is 7.51. The molecule has 0 aliphatic carbocycles. The highest BCUT2D eigenvalue weighted by atomic mass is 15.3. The molecule has 2 aromatic rings. The van der Waals surface area contributed by atoms with Crippen LogP contribution in [0.3, 0.4) is 0 Å². The zero-order valence-electron chi connectivity index (χ0n) is 16.0. The second kappa shape index (κ2) is 9.87. The zero-order chi connectivity index (χ0) is 18.1. The lowest BCUT2D eigenvalue weighted by Gasteiger charge is -2.12. The first-order chi connectivity index (χ1) is 12.1. The predicted molar refractivity (Wildman–Crippen MR) is 105 cm³/mol. The number of hydrogen-bond acceptors (Lipinski definition) is 2. The molecule has 1 heterocycles. The Labute approximate surface area is 151 Å². The van der Waals surface area contributed by atoms with Crippen molar-refractivity contribution < 1.29 is 0 Å². The molecular weight excluding hydrogens is 310 g/mol. The SMILES string of the molecule is CN=C(NCCCCCc1ccccc1)NCc1c(C)nn(C)c1C. The van der Waals surface area contributed by atoms with Crippen molar-refractivity contribution in [1.82, 2.24) is 20.4 Å². The number of nitrogens with zero attached hydrogens (tertiary/aromatic N) is 3. The van der Waals surface area contributed by atoms with Gasteiger partial charge >= 0.3 is 0 Å². The van der Waals surface area contributed by atoms with Gasteiger partial charge in [0.2, 0.25) is 0 Å². The summed E-state index contributed by atoms with van der Waals surface area (Å²) in [6, 6.07) is 10.7. The molecule has 5 heteroatoms. The van der Waals surface area contributed by atoms with Crippen molar-refractivity contribution in [3.05, 3.63) is 52.8 Å². The van der Waals surface area contributed by atoms with Crippen LogP contribution in [-0.2, 0) is 20.0 Å². The molecule has 0 bridgehead atoms. The van der Waals surface area contributed by atoms with Crippen LogP contribution in [-0.4, -0.2) is 29.3 Å². The Morgan fingerprint density at radius 1 is 1.08 bits per heavy atom. The molecule has 1 aromatic carbocycles. The summed E-state index contributed by atoms with van der Waals surface area (Å²) in [7, 11) is 3.79. The van der Waals surface area contributed by atoms with Crippen LogP contribution in [0.5, 0.6) is 0 Å². The highest BCUT2D eigenvalue weighted by molar-refractivity contribution is 5.79. The summed E-state index contributed by atoms with van der Waals surface area (Å²) in [5, 5.41) is 11.2. The summed E-state index contributed by atoms with van der Waals surface area (Å²) < 4.78 is 1.93. The molecule has 0 spiro atoms. The molecule has 0 aliphatic heterocycles. The smallest absolute Gasteiger partial charge is 0.191 e. The maximum absolute atomic E-state index is 4.45. The van der Waals surface area contributed by atoms with Gasteiger partial charge in [-0.2, -0.15) is 5.10 Å². The minimum absolute atomic E-state index is 0.749. The van der Waals surface area contributed by atoms with Crippen LogP contribution in [0, 0.1) is 13.8 Å². The van der Waals surface area contributed by atoms with Gasteiger partial charge in [0, 0.05) is 38.4 Å². The summed E-state index contributed by atoms with van der Waals surface area (Å²) in [5.41, 5.74) is 4.94. The van der Waals surface area contributed by atoms with Crippen LogP contribution >= 0.6 is 0 Å². The molecule has 0 aliphatic rings. The number of aromatic nitrogens is 2. The fourth-order valence-electron chi connectivity index (χ4n) is 2.95. The minimum atomic E-state index is 0.749. The lowest BCUT2D eigenvalue weighted by Crippen LogP contribution is -2.37. The van der Waals surface area contributed by atoms with E-state index >= 15 is 0 Å². The number of benzene rings is 1. The van der Waals surface area contributed by atoms with Gasteiger partial charge in [-0.05, 0) is 38.7 Å². The molecule has 0 saturated carbocycles. The fraction of sp³-hybridized carbons (Fsp3) is 0.500. The first kappa shape index (κ1) is 19.0. The van der Waals surface area contributed by atoms with Crippen LogP contribution in [0.2, 0.25) is 0 Å². The van der Waals surface area contributed by atoms with E-state index in [4.69, 9.17) is 0 Å². The van der Waals surface area contributed by atoms with Gasteiger partial charge in [-0.25, -0.2) is 0 Å². The van der Waals surface area contributed by atoms with Gasteiger partial charge in [0.05, 0.1) is 5.69 Å². The molecule has 5 nitrogen and oxygen atoms in total. The van der Waals surface area contributed by atoms with E-state index in [1.165, 1.54) is 29.7 Å². The van der Waals surface area contributed by atoms with Crippen molar-refractivity contribution in [3.63, 3.8) is 0 Å². The third-order valence-corrected chi connectivity index (χ3v) is 4.59. The Morgan fingerprint density at radius 2 is 1.84 bits per heavy atom. The maximum atomic E-state index is 4.45. The van der Waals surface area contributed by atoms with Crippen LogP contribution in [0.25, 0.3) is 0 Å². The monoisotopic (exact) mass is 341 g/mol. The molecule has 0 fully saturated rings. The molecule has 136 valence electrons. The third-order valence-electron chi connectivity index (χ3n) is 4.59. The van der Waals surface area contributed by atoms with Gasteiger partial charge in [0.25, 0.3) is 0 Å². The van der Waals surface area contributed by atoms with Crippen LogP contribution in [0.1, 0.15) is 41.8 Å². The van der Waals surface area contributed by atoms with E-state index in [0.29, 0.717) is 0 Å². The molecule has 0 unspecified atom stereocenters. The predicted octanol–water partition coefficient (Wildman–Crippen LogP) is 3.11. The largest absolute Gasteiger partial charge is 0.356 e. The molecule has 0 amide bonds. The van der Waals surface area contributed by atoms with Crippen LogP contribution < -0.4 is 10.6 Å². The van der Waals surface area contributed by atoms with Crippen molar-refractivity contribution in [2.45, 2.75) is 46.1 Å². The summed E-state index contributed by atoms with van der Waals surface area (Å²) in [6.07, 6.45) is 4.76. The van der Waals surface area contributed by atoms with Gasteiger partial charge in [0.15, 0.2) is 5.96 Å². The molecule has 1 aromatic heterocycles. The summed E-state index contributed by atoms with van der Waals surface area (Å²) in [4.78, 5) is 4.30. The minimum Gasteiger partial charge on any atom is -0.356 e. The summed E-state index contributed by atoms with van der Waals surface area (Å²) in [5.74, 6) is 0.853. The molecule has 25 heavy (non-hydrogen) atoms. The number of unbranched alkanes of at least 4 members (excludes halogenated alkanes) is 2. The average molecular weight is 342 g/mol. The molecule has 0 radical (unpaired) electrons. The summed E-state index contributed by atoms with van der Waals surface area (Å²) >= 11 is 0. The van der Waals surface area contributed by atoms with Gasteiger partial charge in [-0.1, -0.05) is 36.8 Å². The van der Waals surface area contributed by atoms with E-state index < -0.39 is 0 Å². The van der Waals surface area contributed by atoms with E-state index in [1.54, 1.807) is 0 Å². The summed E-state index contributed by atoms with van der Waals surface area (Å²) in [6.45, 7) is 5.84. The van der Waals surface area contributed by atoms with Crippen molar-refractivity contribution in [2.24, 2.45) is 12.0 Å². The Bertz CT molecular complexity index is 673. The van der Waals surface area contributed by atoms with Gasteiger partial charge in [0.1, 0.15) is 0 Å². The lowest BCUT2D eigenvalue weighted by molar-refractivity contribution is 0.655. The standard InChI is InChI=1S/C20H31N5/c1-16-19(17(2)25(4)24-16)15-23-20(21-3)22-14-10-6-9-13-18-11-7-5-8-12-18/h5,7-8,11-12H,6,9-10,13-15H2,1-4H3,(H2,21,22,23). The van der Waals surface area contributed by atoms with E-state index in [2.05, 4.69) is 58.0 Å². The molecule has 0 atom stereocenters. The van der Waals surface area contributed by atoms with E-state index in [9.17, 15) is 0 Å². The number of hydrogen-bond donors (Lipinski definition) is 2. The third kappa shape index (κ3) is 5.93. The normalized spacial score (nSPS) is 11.6. The molecule has 2 rings (SSSR count). The molecule has 2 N–H and O–H groups in total. The topological polar surface area (TPSA) is 54.2 Å². The molecule has 0 saturated heterocycles. The first-order valence-corrected chi connectivity index (χ1v) is 9.09. The fourth-order valence-corrected chi connectivity index (χ4v) is 2.95. The Morgan fingerprint density at radius 3 is 2.48 bits per heavy atom. The number of guanidine groups is 1. The quantitative estimate of drug-likeness (QED) is 0.441. The average Bonchev–Trinajstić information content (AvgIpc) is 2.87. The second-order valence-corrected chi connectivity index (χ2v) is 6.42. The van der Waals surface area contributed by atoms with Gasteiger partial charge in [-0.3, -0.25) is 9.67 Å². The Balaban J connectivity index is 1.63. The number of aryl methyl sites for hydroxylation is 3. The van der Waals surface area contributed by atoms with Crippen LogP contribution in [0.15, 0.2) is 35.3 Å². The highest BCUT2D eigenvalue weighted by Crippen LogP contribution is 2.11. The highest BCUT2D eigenvalue weighted by Gasteiger charge is 2.09. The second-order valence-electron chi connectivity index (χ2n) is 6.42. The number of nitrogens with one attached hydrogen (secondary N) is 2. The zero-order valence-corrected chi connectivity index (χ0v) is 16.0. The van der Waals surface area contributed by atoms with E-state index in [1.807, 2.05) is 25.7 Å². The van der Waals surface area contributed by atoms with Crippen molar-refractivity contribution >= 4 is 5.96 Å². The molecular formula is C20H31N5. The number of aliphatic imine (C=N–C) groups is 1. The Hall–Kier alpha value is -2.30. The van der Waals surface area contributed by atoms with Gasteiger partial charge < -0.3 is 10.6 Å². The van der Waals surface area contributed by atoms with Crippen molar-refractivity contribution in [1.29, 1.82) is 0 Å². The number of rotatable bonds is 8. The maximum Gasteiger partial charge on any atom is 0.191 e. The van der Waals surface area contributed by atoms with Crippen molar-refractivity contribution in [2.75, 3.05) is 13.6 Å². The van der Waals surface area contributed by atoms with E-state index in [0.717, 1.165) is 37.6 Å². The first-order valence-electron chi connectivity index (χ1n) is 9.09. The van der Waals surface area contributed by atoms with Crippen molar-refractivity contribution in [3.8, 4) is 0 Å². The van der Waals surface area contributed by atoms with E-state index in [-0.39, 0.29) is 0 Å². The van der Waals surface area contributed by atoms with Crippen LogP contribution in [0.4, 0.5) is 0 Å². The van der Waals surface area contributed by atoms with Gasteiger partial charge in [-0.15, -0.1) is 0 Å².